The summed E-state index contributed by atoms with van der Waals surface area (Å²) in [6, 6.07) is 10.2. The molecule has 3 aromatic rings. The third-order valence-corrected chi connectivity index (χ3v) is 4.32. The van der Waals surface area contributed by atoms with Gasteiger partial charge in [0, 0.05) is 17.5 Å². The number of thiazole rings is 1. The van der Waals surface area contributed by atoms with E-state index in [0.717, 1.165) is 28.5 Å². The molecule has 0 aliphatic rings. The number of nitrogens with zero attached hydrogens (tertiary/aromatic N) is 4. The Bertz CT molecular complexity index is 704. The van der Waals surface area contributed by atoms with E-state index in [1.807, 2.05) is 55.2 Å². The predicted octanol–water partition coefficient (Wildman–Crippen LogP) is 2.54. The lowest BCUT2D eigenvalue weighted by Crippen LogP contribution is -2.22. The summed E-state index contributed by atoms with van der Waals surface area (Å²) in [6.45, 7) is 2.02. The first-order valence-electron chi connectivity index (χ1n) is 6.82. The molecule has 0 saturated heterocycles. The van der Waals surface area contributed by atoms with Crippen molar-refractivity contribution in [2.45, 2.75) is 19.4 Å². The van der Waals surface area contributed by atoms with E-state index in [-0.39, 0.29) is 6.04 Å². The van der Waals surface area contributed by atoms with E-state index in [1.54, 1.807) is 11.3 Å². The fourth-order valence-electron chi connectivity index (χ4n) is 2.28. The lowest BCUT2D eigenvalue weighted by molar-refractivity contribution is 0.553. The number of para-hydroxylation sites is 1. The molecule has 0 saturated carbocycles. The second-order valence-electron chi connectivity index (χ2n) is 4.83. The average Bonchev–Trinajstić information content (AvgIpc) is 3.14. The minimum absolute atomic E-state index is 0.130. The first kappa shape index (κ1) is 13.9. The van der Waals surface area contributed by atoms with E-state index >= 15 is 0 Å². The quantitative estimate of drug-likeness (QED) is 0.786. The zero-order valence-electron chi connectivity index (χ0n) is 12.0. The number of nitrogens with one attached hydrogen (secondary N) is 1. The van der Waals surface area contributed by atoms with Crippen molar-refractivity contribution in [3.05, 3.63) is 58.3 Å². The third kappa shape index (κ3) is 3.01. The van der Waals surface area contributed by atoms with Gasteiger partial charge in [0.2, 0.25) is 0 Å². The van der Waals surface area contributed by atoms with E-state index < -0.39 is 0 Å². The molecule has 0 amide bonds. The first-order valence-corrected chi connectivity index (χ1v) is 7.70. The molecule has 21 heavy (non-hydrogen) atoms. The molecular formula is C15H17N5S. The lowest BCUT2D eigenvalue weighted by atomic mass is 10.1. The van der Waals surface area contributed by atoms with Gasteiger partial charge in [-0.1, -0.05) is 23.4 Å². The lowest BCUT2D eigenvalue weighted by Gasteiger charge is -2.16. The van der Waals surface area contributed by atoms with E-state index in [0.29, 0.717) is 0 Å². The van der Waals surface area contributed by atoms with Crippen LogP contribution in [0.15, 0.2) is 41.9 Å². The summed E-state index contributed by atoms with van der Waals surface area (Å²) in [5.74, 6) is 0. The van der Waals surface area contributed by atoms with Crippen molar-refractivity contribution in [1.82, 2.24) is 25.3 Å². The van der Waals surface area contributed by atoms with Crippen molar-refractivity contribution >= 4 is 11.3 Å². The molecule has 3 rings (SSSR count). The Balaban J connectivity index is 1.90. The molecule has 0 aliphatic carbocycles. The van der Waals surface area contributed by atoms with Gasteiger partial charge in [-0.25, -0.2) is 9.67 Å². The maximum atomic E-state index is 4.54. The van der Waals surface area contributed by atoms with Gasteiger partial charge in [0.1, 0.15) is 0 Å². The van der Waals surface area contributed by atoms with Gasteiger partial charge in [0.25, 0.3) is 0 Å². The van der Waals surface area contributed by atoms with Crippen molar-refractivity contribution in [3.8, 4) is 5.69 Å². The molecule has 0 radical (unpaired) electrons. The predicted molar refractivity (Wildman–Crippen MR) is 83.7 cm³/mol. The Morgan fingerprint density at radius 2 is 2.10 bits per heavy atom. The van der Waals surface area contributed by atoms with Gasteiger partial charge in [-0.05, 0) is 26.1 Å². The SMILES string of the molecule is CNC(Cc1nc(C)cs1)c1cnnn1-c1ccccc1. The van der Waals surface area contributed by atoms with Gasteiger partial charge < -0.3 is 5.32 Å². The summed E-state index contributed by atoms with van der Waals surface area (Å²) in [6.07, 6.45) is 2.64. The molecule has 0 aliphatic heterocycles. The summed E-state index contributed by atoms with van der Waals surface area (Å²) in [7, 11) is 1.95. The van der Waals surface area contributed by atoms with E-state index in [1.165, 1.54) is 0 Å². The molecule has 0 bridgehead atoms. The van der Waals surface area contributed by atoms with Crippen molar-refractivity contribution in [1.29, 1.82) is 0 Å². The van der Waals surface area contributed by atoms with Gasteiger partial charge in [-0.15, -0.1) is 16.4 Å². The first-order chi connectivity index (χ1) is 10.3. The minimum Gasteiger partial charge on any atom is -0.311 e. The Labute approximate surface area is 127 Å². The van der Waals surface area contributed by atoms with Crippen LogP contribution in [0.5, 0.6) is 0 Å². The zero-order chi connectivity index (χ0) is 14.7. The molecular weight excluding hydrogens is 282 g/mol. The maximum absolute atomic E-state index is 4.54. The highest BCUT2D eigenvalue weighted by atomic mass is 32.1. The van der Waals surface area contributed by atoms with Gasteiger partial charge in [-0.2, -0.15) is 0 Å². The van der Waals surface area contributed by atoms with Crippen LogP contribution in [0.3, 0.4) is 0 Å². The summed E-state index contributed by atoms with van der Waals surface area (Å²) >= 11 is 1.69. The van der Waals surface area contributed by atoms with Crippen LogP contribution in [-0.2, 0) is 6.42 Å². The van der Waals surface area contributed by atoms with Gasteiger partial charge in [-0.3, -0.25) is 0 Å². The molecule has 2 aromatic heterocycles. The molecule has 0 fully saturated rings. The van der Waals surface area contributed by atoms with Crippen LogP contribution >= 0.6 is 11.3 Å². The van der Waals surface area contributed by atoms with Crippen molar-refractivity contribution in [2.75, 3.05) is 7.05 Å². The maximum Gasteiger partial charge on any atom is 0.0947 e. The van der Waals surface area contributed by atoms with Crippen LogP contribution in [0.4, 0.5) is 0 Å². The van der Waals surface area contributed by atoms with Crippen LogP contribution in [0, 0.1) is 6.92 Å². The van der Waals surface area contributed by atoms with Crippen molar-refractivity contribution in [2.24, 2.45) is 0 Å². The Morgan fingerprint density at radius 3 is 2.76 bits per heavy atom. The molecule has 1 N–H and O–H groups in total. The van der Waals surface area contributed by atoms with Crippen LogP contribution in [-0.4, -0.2) is 27.0 Å². The van der Waals surface area contributed by atoms with Crippen molar-refractivity contribution < 1.29 is 0 Å². The summed E-state index contributed by atoms with van der Waals surface area (Å²) in [5.41, 5.74) is 3.12. The van der Waals surface area contributed by atoms with Crippen LogP contribution in [0.25, 0.3) is 5.69 Å². The second-order valence-corrected chi connectivity index (χ2v) is 5.78. The van der Waals surface area contributed by atoms with E-state index in [2.05, 4.69) is 26.0 Å². The number of rotatable bonds is 5. The Kier molecular flexibility index (Phi) is 4.08. The number of hydrogen-bond acceptors (Lipinski definition) is 5. The number of benzene rings is 1. The number of aryl methyl sites for hydroxylation is 1. The Morgan fingerprint density at radius 1 is 1.29 bits per heavy atom. The minimum atomic E-state index is 0.130. The summed E-state index contributed by atoms with van der Waals surface area (Å²) < 4.78 is 1.88. The highest BCUT2D eigenvalue weighted by Crippen LogP contribution is 2.21. The normalized spacial score (nSPS) is 12.5. The van der Waals surface area contributed by atoms with Gasteiger partial charge >= 0.3 is 0 Å². The second kappa shape index (κ2) is 6.15. The topological polar surface area (TPSA) is 55.6 Å². The van der Waals surface area contributed by atoms with Crippen LogP contribution < -0.4 is 5.32 Å². The number of likely N-dealkylation sites (N-methyl/N-ethyl adjacent to an activating group) is 1. The summed E-state index contributed by atoms with van der Waals surface area (Å²) in [5, 5.41) is 14.8. The monoisotopic (exact) mass is 299 g/mol. The average molecular weight is 299 g/mol. The molecule has 6 heteroatoms. The number of aromatic nitrogens is 4. The van der Waals surface area contributed by atoms with Crippen LogP contribution in [0.2, 0.25) is 0 Å². The van der Waals surface area contributed by atoms with Crippen LogP contribution in [0.1, 0.15) is 22.4 Å². The van der Waals surface area contributed by atoms with E-state index in [4.69, 9.17) is 0 Å². The summed E-state index contributed by atoms with van der Waals surface area (Å²) in [4.78, 5) is 4.54. The highest BCUT2D eigenvalue weighted by molar-refractivity contribution is 7.09. The third-order valence-electron chi connectivity index (χ3n) is 3.33. The molecule has 1 atom stereocenters. The van der Waals surface area contributed by atoms with E-state index in [9.17, 15) is 0 Å². The molecule has 1 unspecified atom stereocenters. The largest absolute Gasteiger partial charge is 0.311 e. The molecule has 1 aromatic carbocycles. The molecule has 2 heterocycles. The highest BCUT2D eigenvalue weighted by Gasteiger charge is 2.18. The van der Waals surface area contributed by atoms with Crippen molar-refractivity contribution in [3.63, 3.8) is 0 Å². The fraction of sp³-hybridized carbons (Fsp3) is 0.267. The van der Waals surface area contributed by atoms with Gasteiger partial charge in [0.15, 0.2) is 0 Å². The zero-order valence-corrected chi connectivity index (χ0v) is 12.8. The smallest absolute Gasteiger partial charge is 0.0947 e. The Hall–Kier alpha value is -2.05. The van der Waals surface area contributed by atoms with Gasteiger partial charge in [0.05, 0.1) is 28.6 Å². The molecule has 108 valence electrons. The standard InChI is InChI=1S/C15H17N5S/c1-11-10-21-15(18-11)8-13(16-2)14-9-17-19-20(14)12-6-4-3-5-7-12/h3-7,9-10,13,16H,8H2,1-2H3. The molecule has 5 nitrogen and oxygen atoms in total. The fourth-order valence-corrected chi connectivity index (χ4v) is 3.09. The molecule has 0 spiro atoms. The number of hydrogen-bond donors (Lipinski definition) is 1.